The molecule has 0 aliphatic carbocycles. The van der Waals surface area contributed by atoms with Crippen LogP contribution in [-0.4, -0.2) is 72.3 Å². The number of hydrogen-bond donors (Lipinski definition) is 3. The highest BCUT2D eigenvalue weighted by atomic mass is 35.5. The summed E-state index contributed by atoms with van der Waals surface area (Å²) in [5.74, 6) is 1.59. The number of nitrogen functional groups attached to an aromatic ring is 3. The summed E-state index contributed by atoms with van der Waals surface area (Å²) in [5.41, 5.74) is 22.2. The molecule has 56 heavy (non-hydrogen) atoms. The quantitative estimate of drug-likeness (QED) is 0.0805. The summed E-state index contributed by atoms with van der Waals surface area (Å²) < 4.78 is 28.5. The minimum absolute atomic E-state index is 0.00355. The fraction of sp³-hybridized carbons (Fsp3) is 0.135. The topological polar surface area (TPSA) is 253 Å². The number of carbonyl (C=O) groups is 2. The first kappa shape index (κ1) is 37.0. The van der Waals surface area contributed by atoms with E-state index in [1.165, 1.54) is 14.2 Å². The van der Waals surface area contributed by atoms with E-state index in [-0.39, 0.29) is 54.5 Å². The Kier molecular flexibility index (Phi) is 10.6. The molecule has 19 heteroatoms. The second kappa shape index (κ2) is 16.0. The molecule has 8 rings (SSSR count). The normalized spacial score (nSPS) is 11.1. The van der Waals surface area contributed by atoms with Crippen LogP contribution in [0.25, 0.3) is 45.1 Å². The van der Waals surface area contributed by atoms with Crippen LogP contribution < -0.4 is 26.7 Å². The average molecular weight is 778 g/mol. The number of aromatic nitrogens is 8. The van der Waals surface area contributed by atoms with Crippen LogP contribution in [0, 0.1) is 0 Å². The number of nitrogens with two attached hydrogens (primary N) is 3. The smallest absolute Gasteiger partial charge is 0.199 e. The minimum atomic E-state index is -0.161. The van der Waals surface area contributed by atoms with Gasteiger partial charge in [0.1, 0.15) is 0 Å². The zero-order valence-electron chi connectivity index (χ0n) is 29.7. The molecule has 0 spiro atoms. The molecule has 0 radical (unpaired) electrons. The van der Waals surface area contributed by atoms with Crippen molar-refractivity contribution in [2.45, 2.75) is 13.1 Å². The van der Waals surface area contributed by atoms with E-state index in [4.69, 9.17) is 47.6 Å². The molecule has 0 atom stereocenters. The number of ether oxygens (including phenoxy) is 3. The van der Waals surface area contributed by atoms with E-state index in [1.54, 1.807) is 45.5 Å². The summed E-state index contributed by atoms with van der Waals surface area (Å²) in [7, 11) is 3.03. The number of rotatable bonds is 12. The van der Waals surface area contributed by atoms with Gasteiger partial charge in [0.25, 0.3) is 0 Å². The third kappa shape index (κ3) is 7.41. The number of fused-ring (bicyclic) bond motifs is 2. The number of benzene rings is 4. The van der Waals surface area contributed by atoms with Gasteiger partial charge >= 0.3 is 0 Å². The molecule has 0 amide bonds. The van der Waals surface area contributed by atoms with Gasteiger partial charge in [-0.15, -0.1) is 0 Å². The molecule has 18 nitrogen and oxygen atoms in total. The van der Waals surface area contributed by atoms with E-state index >= 15 is 0 Å². The van der Waals surface area contributed by atoms with Crippen molar-refractivity contribution in [2.75, 3.05) is 38.2 Å². The Morgan fingerprint density at radius 1 is 0.679 bits per heavy atom. The lowest BCUT2D eigenvalue weighted by molar-refractivity contribution is 0.0491. The monoisotopic (exact) mass is 777 g/mol. The van der Waals surface area contributed by atoms with E-state index < -0.39 is 0 Å². The van der Waals surface area contributed by atoms with Gasteiger partial charge in [0.2, 0.25) is 0 Å². The molecule has 0 bridgehead atoms. The molecule has 0 aliphatic heterocycles. The predicted octanol–water partition coefficient (Wildman–Crippen LogP) is 5.33. The summed E-state index contributed by atoms with van der Waals surface area (Å²) in [5, 5.41) is 15.2. The molecule has 6 N–H and O–H groups in total. The Morgan fingerprint density at radius 2 is 1.20 bits per heavy atom. The number of anilines is 3. The highest BCUT2D eigenvalue weighted by Crippen LogP contribution is 2.31. The number of carbonyl (C=O) groups excluding carboxylic acids is 2. The van der Waals surface area contributed by atoms with Gasteiger partial charge in [-0.1, -0.05) is 35.9 Å². The predicted molar refractivity (Wildman–Crippen MR) is 205 cm³/mol. The van der Waals surface area contributed by atoms with E-state index in [0.717, 1.165) is 11.0 Å². The van der Waals surface area contributed by atoms with Crippen molar-refractivity contribution < 1.29 is 33.1 Å². The van der Waals surface area contributed by atoms with Gasteiger partial charge in [0.15, 0.2) is 64.5 Å². The van der Waals surface area contributed by atoms with Crippen LogP contribution in [0.5, 0.6) is 11.5 Å². The fourth-order valence-electron chi connectivity index (χ4n) is 5.80. The Morgan fingerprint density at radius 3 is 1.68 bits per heavy atom. The fourth-order valence-corrected chi connectivity index (χ4v) is 5.92. The first-order chi connectivity index (χ1) is 27.2. The standard InChI is InChI=1S/C20H19N5O5.C17H13ClN6O2/c1-27-11-29-16-8-7-12(9-17(16)28-2)15(26)10-25-14-6-4-3-5-13(14)22-20(25)18-19(21)24-30-23-18;18-10-6-5-9(7-11(10)19)14(25)8-24-13-4-2-1-3-12(13)21-17(24)15-16(20)23-26-22-15/h3-9H,10-11H2,1-2H3,(H2,21,24);1-7H,8,19H2,(H2,20,23). The number of nitrogens with zero attached hydrogens (tertiary/aromatic N) is 8. The van der Waals surface area contributed by atoms with Crippen LogP contribution >= 0.6 is 11.6 Å². The van der Waals surface area contributed by atoms with Crippen molar-refractivity contribution in [1.82, 2.24) is 39.7 Å². The Hall–Kier alpha value is -7.31. The molecule has 0 saturated carbocycles. The third-order valence-electron chi connectivity index (χ3n) is 8.50. The van der Waals surface area contributed by atoms with Crippen LogP contribution in [0.1, 0.15) is 20.7 Å². The molecule has 4 heterocycles. The summed E-state index contributed by atoms with van der Waals surface area (Å²) in [6.45, 7) is 0.0913. The lowest BCUT2D eigenvalue weighted by Gasteiger charge is -2.12. The molecule has 0 saturated heterocycles. The van der Waals surface area contributed by atoms with Crippen molar-refractivity contribution in [3.8, 4) is 34.5 Å². The molecule has 8 aromatic rings. The van der Waals surface area contributed by atoms with Crippen molar-refractivity contribution in [2.24, 2.45) is 0 Å². The van der Waals surface area contributed by atoms with Crippen LogP contribution in [0.15, 0.2) is 94.2 Å². The highest BCUT2D eigenvalue weighted by molar-refractivity contribution is 6.33. The van der Waals surface area contributed by atoms with Crippen molar-refractivity contribution in [1.29, 1.82) is 0 Å². The van der Waals surface area contributed by atoms with Gasteiger partial charge in [0.05, 0.1) is 53.0 Å². The van der Waals surface area contributed by atoms with E-state index in [2.05, 4.69) is 35.2 Å². The minimum Gasteiger partial charge on any atom is -0.493 e. The van der Waals surface area contributed by atoms with Gasteiger partial charge in [-0.25, -0.2) is 19.2 Å². The summed E-state index contributed by atoms with van der Waals surface area (Å²) in [6.07, 6.45) is 0. The van der Waals surface area contributed by atoms with Crippen LogP contribution in [0.3, 0.4) is 0 Å². The Labute approximate surface area is 321 Å². The number of ketones is 2. The average Bonchev–Trinajstić information content (AvgIpc) is 4.00. The number of hydrogen-bond acceptors (Lipinski definition) is 16. The van der Waals surface area contributed by atoms with Crippen LogP contribution in [-0.2, 0) is 17.8 Å². The molecule has 284 valence electrons. The molecule has 0 fully saturated rings. The summed E-state index contributed by atoms with van der Waals surface area (Å²) >= 11 is 5.93. The second-order valence-electron chi connectivity index (χ2n) is 12.0. The van der Waals surface area contributed by atoms with Crippen LogP contribution in [0.2, 0.25) is 5.02 Å². The number of para-hydroxylation sites is 4. The van der Waals surface area contributed by atoms with Crippen molar-refractivity contribution in [3.05, 3.63) is 101 Å². The van der Waals surface area contributed by atoms with Gasteiger partial charge in [-0.05, 0) is 81.3 Å². The largest absolute Gasteiger partial charge is 0.493 e. The zero-order valence-corrected chi connectivity index (χ0v) is 30.5. The first-order valence-electron chi connectivity index (χ1n) is 16.6. The Bertz CT molecular complexity index is 2700. The second-order valence-corrected chi connectivity index (χ2v) is 12.4. The number of Topliss-reactive ketones (excluding diaryl/α,β-unsaturated/α-hetero) is 2. The maximum atomic E-state index is 13.1. The summed E-state index contributed by atoms with van der Waals surface area (Å²) in [4.78, 5) is 35.0. The SMILES string of the molecule is COCOc1ccc(C(=O)Cn2c(-c3nonc3N)nc3ccccc32)cc1OC.Nc1cc(C(=O)Cn2c(-c3nonc3N)nc3ccccc32)ccc1Cl. The molecular formula is C37H32ClN11O7. The van der Waals surface area contributed by atoms with Gasteiger partial charge < -0.3 is 40.5 Å². The molecule has 4 aromatic heterocycles. The lowest BCUT2D eigenvalue weighted by atomic mass is 10.1. The maximum Gasteiger partial charge on any atom is 0.199 e. The number of halogens is 1. The molecule has 4 aromatic carbocycles. The van der Waals surface area contributed by atoms with Gasteiger partial charge in [0, 0.05) is 18.2 Å². The number of methoxy groups -OCH3 is 2. The van der Waals surface area contributed by atoms with Crippen molar-refractivity contribution in [3.63, 3.8) is 0 Å². The van der Waals surface area contributed by atoms with Gasteiger partial charge in [-0.2, -0.15) is 0 Å². The van der Waals surface area contributed by atoms with E-state index in [9.17, 15) is 9.59 Å². The highest BCUT2D eigenvalue weighted by Gasteiger charge is 2.23. The number of imidazole rings is 2. The molecule has 0 unspecified atom stereocenters. The molecule has 0 aliphatic rings. The van der Waals surface area contributed by atoms with Gasteiger partial charge in [-0.3, -0.25) is 9.59 Å². The van der Waals surface area contributed by atoms with Crippen LogP contribution in [0.4, 0.5) is 17.3 Å². The van der Waals surface area contributed by atoms with E-state index in [0.29, 0.717) is 56.0 Å². The lowest BCUT2D eigenvalue weighted by Crippen LogP contribution is -2.12. The van der Waals surface area contributed by atoms with E-state index in [1.807, 2.05) is 48.5 Å². The third-order valence-corrected chi connectivity index (χ3v) is 8.84. The zero-order chi connectivity index (χ0) is 39.3. The molecular weight excluding hydrogens is 746 g/mol. The Balaban J connectivity index is 0.000000173. The first-order valence-corrected chi connectivity index (χ1v) is 17.0. The summed E-state index contributed by atoms with van der Waals surface area (Å²) in [6, 6.07) is 24.6. The van der Waals surface area contributed by atoms with Crippen molar-refractivity contribution >= 4 is 62.6 Å². The maximum absolute atomic E-state index is 13.1.